The van der Waals surface area contributed by atoms with Gasteiger partial charge >= 0.3 is 0 Å². The number of benzene rings is 1. The molecule has 19 heavy (non-hydrogen) atoms. The molecular weight excluding hydrogens is 311 g/mol. The first kappa shape index (κ1) is 14.5. The van der Waals surface area contributed by atoms with Gasteiger partial charge in [0.05, 0.1) is 5.56 Å². The SMILES string of the molecule is CC1CCNC(C)C1NC(=O)c1cc(F)ccc1Br. The molecule has 2 rings (SSSR count). The molecule has 1 aromatic rings. The molecule has 0 bridgehead atoms. The van der Waals surface area contributed by atoms with Gasteiger partial charge in [-0.15, -0.1) is 0 Å². The summed E-state index contributed by atoms with van der Waals surface area (Å²) in [7, 11) is 0. The van der Waals surface area contributed by atoms with Gasteiger partial charge in [0.25, 0.3) is 5.91 Å². The molecule has 0 saturated carbocycles. The summed E-state index contributed by atoms with van der Waals surface area (Å²) in [5, 5.41) is 6.35. The van der Waals surface area contributed by atoms with E-state index in [1.165, 1.54) is 12.1 Å². The molecule has 0 aliphatic carbocycles. The van der Waals surface area contributed by atoms with E-state index in [1.807, 2.05) is 0 Å². The van der Waals surface area contributed by atoms with Crippen molar-refractivity contribution in [2.75, 3.05) is 6.54 Å². The zero-order chi connectivity index (χ0) is 14.0. The van der Waals surface area contributed by atoms with Crippen molar-refractivity contribution in [1.29, 1.82) is 0 Å². The molecule has 1 heterocycles. The second-order valence-corrected chi connectivity index (χ2v) is 5.99. The molecule has 1 aliphatic rings. The van der Waals surface area contributed by atoms with Crippen molar-refractivity contribution >= 4 is 21.8 Å². The van der Waals surface area contributed by atoms with Gasteiger partial charge in [-0.1, -0.05) is 6.92 Å². The van der Waals surface area contributed by atoms with Crippen molar-refractivity contribution in [2.24, 2.45) is 5.92 Å². The number of halogens is 2. The zero-order valence-corrected chi connectivity index (χ0v) is 12.6. The molecule has 2 N–H and O–H groups in total. The van der Waals surface area contributed by atoms with Gasteiger partial charge in [-0.2, -0.15) is 0 Å². The third-order valence-corrected chi connectivity index (χ3v) is 4.38. The van der Waals surface area contributed by atoms with Gasteiger partial charge in [0.15, 0.2) is 0 Å². The zero-order valence-electron chi connectivity index (χ0n) is 11.0. The molecule has 0 spiro atoms. The Kier molecular flexibility index (Phi) is 4.58. The molecule has 1 amide bonds. The highest BCUT2D eigenvalue weighted by atomic mass is 79.9. The van der Waals surface area contributed by atoms with Crippen LogP contribution < -0.4 is 10.6 Å². The Bertz CT molecular complexity index is 471. The van der Waals surface area contributed by atoms with Gasteiger partial charge in [-0.05, 0) is 59.9 Å². The van der Waals surface area contributed by atoms with Gasteiger partial charge < -0.3 is 10.6 Å². The number of hydrogen-bond acceptors (Lipinski definition) is 2. The largest absolute Gasteiger partial charge is 0.347 e. The fourth-order valence-corrected chi connectivity index (χ4v) is 2.93. The smallest absolute Gasteiger partial charge is 0.252 e. The van der Waals surface area contributed by atoms with E-state index in [0.29, 0.717) is 16.0 Å². The lowest BCUT2D eigenvalue weighted by molar-refractivity contribution is 0.0896. The van der Waals surface area contributed by atoms with Crippen LogP contribution in [0, 0.1) is 11.7 Å². The summed E-state index contributed by atoms with van der Waals surface area (Å²) in [5.41, 5.74) is 0.338. The lowest BCUT2D eigenvalue weighted by atomic mass is 9.89. The van der Waals surface area contributed by atoms with E-state index < -0.39 is 5.82 Å². The van der Waals surface area contributed by atoms with E-state index in [2.05, 4.69) is 40.4 Å². The Labute approximate surface area is 121 Å². The maximum absolute atomic E-state index is 13.2. The third kappa shape index (κ3) is 3.34. The van der Waals surface area contributed by atoms with Crippen LogP contribution in [0.25, 0.3) is 0 Å². The maximum atomic E-state index is 13.2. The fraction of sp³-hybridized carbons (Fsp3) is 0.500. The normalized spacial score (nSPS) is 27.1. The molecule has 1 saturated heterocycles. The highest BCUT2D eigenvalue weighted by Crippen LogP contribution is 2.20. The summed E-state index contributed by atoms with van der Waals surface area (Å²) >= 11 is 3.28. The first-order valence-electron chi connectivity index (χ1n) is 6.48. The summed E-state index contributed by atoms with van der Waals surface area (Å²) in [4.78, 5) is 12.2. The Morgan fingerprint density at radius 1 is 1.47 bits per heavy atom. The maximum Gasteiger partial charge on any atom is 0.252 e. The second-order valence-electron chi connectivity index (χ2n) is 5.13. The van der Waals surface area contributed by atoms with Crippen LogP contribution >= 0.6 is 15.9 Å². The molecule has 1 fully saturated rings. The van der Waals surface area contributed by atoms with E-state index in [4.69, 9.17) is 0 Å². The number of rotatable bonds is 2. The lowest BCUT2D eigenvalue weighted by Crippen LogP contribution is -2.55. The van der Waals surface area contributed by atoms with E-state index in [-0.39, 0.29) is 18.0 Å². The van der Waals surface area contributed by atoms with Crippen molar-refractivity contribution in [2.45, 2.75) is 32.4 Å². The highest BCUT2D eigenvalue weighted by Gasteiger charge is 2.29. The molecule has 0 aromatic heterocycles. The van der Waals surface area contributed by atoms with Gasteiger partial charge in [0.2, 0.25) is 0 Å². The topological polar surface area (TPSA) is 41.1 Å². The van der Waals surface area contributed by atoms with Crippen molar-refractivity contribution in [3.8, 4) is 0 Å². The average molecular weight is 329 g/mol. The molecule has 0 radical (unpaired) electrons. The van der Waals surface area contributed by atoms with Gasteiger partial charge in [-0.3, -0.25) is 4.79 Å². The fourth-order valence-electron chi connectivity index (χ4n) is 2.51. The summed E-state index contributed by atoms with van der Waals surface area (Å²) in [6.07, 6.45) is 1.03. The van der Waals surface area contributed by atoms with E-state index in [1.54, 1.807) is 6.07 Å². The van der Waals surface area contributed by atoms with E-state index in [0.717, 1.165) is 13.0 Å². The Hall–Kier alpha value is -0.940. The van der Waals surface area contributed by atoms with E-state index >= 15 is 0 Å². The minimum Gasteiger partial charge on any atom is -0.347 e. The van der Waals surface area contributed by atoms with Crippen LogP contribution in [0.1, 0.15) is 30.6 Å². The number of piperidine rings is 1. The second kappa shape index (κ2) is 6.01. The minimum atomic E-state index is -0.406. The number of carbonyl (C=O) groups is 1. The molecule has 3 unspecified atom stereocenters. The first-order valence-corrected chi connectivity index (χ1v) is 7.27. The molecular formula is C14H18BrFN2O. The number of carbonyl (C=O) groups excluding carboxylic acids is 1. The highest BCUT2D eigenvalue weighted by molar-refractivity contribution is 9.10. The monoisotopic (exact) mass is 328 g/mol. The average Bonchev–Trinajstić information content (AvgIpc) is 2.37. The standard InChI is InChI=1S/C14H18BrFN2O/c1-8-5-6-17-9(2)13(8)18-14(19)11-7-10(16)3-4-12(11)15/h3-4,7-9,13,17H,5-6H2,1-2H3,(H,18,19). The number of hydrogen-bond donors (Lipinski definition) is 2. The quantitative estimate of drug-likeness (QED) is 0.876. The van der Waals surface area contributed by atoms with Crippen LogP contribution in [0.2, 0.25) is 0 Å². The van der Waals surface area contributed by atoms with Gasteiger partial charge in [0.1, 0.15) is 5.82 Å². The number of nitrogens with one attached hydrogen (secondary N) is 2. The van der Waals surface area contributed by atoms with Gasteiger partial charge in [0, 0.05) is 16.6 Å². The predicted octanol–water partition coefficient (Wildman–Crippen LogP) is 2.70. The molecule has 3 atom stereocenters. The van der Waals surface area contributed by atoms with Crippen molar-refractivity contribution in [1.82, 2.24) is 10.6 Å². The summed E-state index contributed by atoms with van der Waals surface area (Å²) in [6, 6.07) is 4.42. The van der Waals surface area contributed by atoms with Crippen LogP contribution in [0.4, 0.5) is 4.39 Å². The van der Waals surface area contributed by atoms with Crippen LogP contribution in [-0.4, -0.2) is 24.5 Å². The van der Waals surface area contributed by atoms with Crippen LogP contribution in [0.3, 0.4) is 0 Å². The van der Waals surface area contributed by atoms with Crippen LogP contribution in [0.15, 0.2) is 22.7 Å². The Morgan fingerprint density at radius 2 is 2.21 bits per heavy atom. The molecule has 5 heteroatoms. The Balaban J connectivity index is 2.14. The molecule has 104 valence electrons. The first-order chi connectivity index (χ1) is 8.99. The van der Waals surface area contributed by atoms with Crippen molar-refractivity contribution in [3.63, 3.8) is 0 Å². The van der Waals surface area contributed by atoms with Crippen LogP contribution in [-0.2, 0) is 0 Å². The van der Waals surface area contributed by atoms with Gasteiger partial charge in [-0.25, -0.2) is 4.39 Å². The number of amides is 1. The summed E-state index contributed by atoms with van der Waals surface area (Å²) < 4.78 is 13.8. The van der Waals surface area contributed by atoms with Crippen molar-refractivity contribution < 1.29 is 9.18 Å². The molecule has 3 nitrogen and oxygen atoms in total. The molecule has 1 aromatic carbocycles. The van der Waals surface area contributed by atoms with Crippen LogP contribution in [0.5, 0.6) is 0 Å². The Morgan fingerprint density at radius 3 is 2.89 bits per heavy atom. The lowest BCUT2D eigenvalue weighted by Gasteiger charge is -2.36. The molecule has 1 aliphatic heterocycles. The summed E-state index contributed by atoms with van der Waals surface area (Å²) in [5.74, 6) is -0.234. The predicted molar refractivity (Wildman–Crippen MR) is 76.6 cm³/mol. The van der Waals surface area contributed by atoms with Crippen molar-refractivity contribution in [3.05, 3.63) is 34.1 Å². The van der Waals surface area contributed by atoms with E-state index in [9.17, 15) is 9.18 Å². The minimum absolute atomic E-state index is 0.0661. The third-order valence-electron chi connectivity index (χ3n) is 3.69. The summed E-state index contributed by atoms with van der Waals surface area (Å²) in [6.45, 7) is 5.16.